The quantitative estimate of drug-likeness (QED) is 0.725. The number of nitrogens with zero attached hydrogens (tertiary/aromatic N) is 2. The Morgan fingerprint density at radius 3 is 2.67 bits per heavy atom. The zero-order valence-corrected chi connectivity index (χ0v) is 14.4. The van der Waals surface area contributed by atoms with Gasteiger partial charge in [-0.05, 0) is 32.4 Å². The van der Waals surface area contributed by atoms with E-state index in [0.29, 0.717) is 18.1 Å². The van der Waals surface area contributed by atoms with Crippen molar-refractivity contribution in [2.24, 2.45) is 0 Å². The topological polar surface area (TPSA) is 76.1 Å². The lowest BCUT2D eigenvalue weighted by Crippen LogP contribution is -2.25. The van der Waals surface area contributed by atoms with Crippen LogP contribution in [0.2, 0.25) is 0 Å². The molecule has 0 saturated carbocycles. The fourth-order valence-electron chi connectivity index (χ4n) is 2.04. The minimum Gasteiger partial charge on any atom is -0.489 e. The predicted molar refractivity (Wildman–Crippen MR) is 94.8 cm³/mol. The van der Waals surface area contributed by atoms with Gasteiger partial charge in [0.25, 0.3) is 5.91 Å². The number of ether oxygens (including phenoxy) is 1. The van der Waals surface area contributed by atoms with Crippen LogP contribution in [-0.2, 0) is 0 Å². The molecule has 0 aliphatic carbocycles. The van der Waals surface area contributed by atoms with Gasteiger partial charge in [-0.1, -0.05) is 25.5 Å². The Bertz CT molecular complexity index is 656. The number of amides is 1. The number of aromatic nitrogens is 2. The third-order valence-corrected chi connectivity index (χ3v) is 3.21. The molecule has 0 aliphatic rings. The number of nitrogens with one attached hydrogen (secondary N) is 2. The van der Waals surface area contributed by atoms with Crippen LogP contribution in [0.15, 0.2) is 36.7 Å². The summed E-state index contributed by atoms with van der Waals surface area (Å²) in [6.45, 7) is 6.68. The summed E-state index contributed by atoms with van der Waals surface area (Å²) in [6, 6.07) is 7.63. The van der Waals surface area contributed by atoms with Crippen molar-refractivity contribution in [2.45, 2.75) is 39.7 Å². The summed E-state index contributed by atoms with van der Waals surface area (Å²) in [5.41, 5.74) is 1.11. The Morgan fingerprint density at radius 2 is 2.00 bits per heavy atom. The Morgan fingerprint density at radius 1 is 1.21 bits per heavy atom. The van der Waals surface area contributed by atoms with Crippen LogP contribution in [0.1, 0.15) is 44.1 Å². The van der Waals surface area contributed by atoms with E-state index in [1.54, 1.807) is 6.20 Å². The van der Waals surface area contributed by atoms with Crippen molar-refractivity contribution < 1.29 is 9.53 Å². The van der Waals surface area contributed by atoms with E-state index < -0.39 is 0 Å². The molecule has 0 atom stereocenters. The van der Waals surface area contributed by atoms with Crippen LogP contribution in [0.5, 0.6) is 5.75 Å². The van der Waals surface area contributed by atoms with Crippen LogP contribution in [0.3, 0.4) is 0 Å². The van der Waals surface area contributed by atoms with Crippen LogP contribution >= 0.6 is 0 Å². The van der Waals surface area contributed by atoms with Crippen molar-refractivity contribution in [2.75, 3.05) is 11.9 Å². The van der Waals surface area contributed by atoms with Crippen LogP contribution in [0.25, 0.3) is 0 Å². The largest absolute Gasteiger partial charge is 0.489 e. The standard InChI is InChI=1S/C18H24N4O2/c1-4-5-10-19-18(23)15-11-21-17(12-20-15)22-14-8-6-7-9-16(14)24-13(2)3/h6-9,11-13H,4-5,10H2,1-3H3,(H,19,23)(H,21,22). The first-order valence-electron chi connectivity index (χ1n) is 8.23. The lowest BCUT2D eigenvalue weighted by molar-refractivity contribution is 0.0948. The van der Waals surface area contributed by atoms with Gasteiger partial charge in [-0.25, -0.2) is 9.97 Å². The molecular formula is C18H24N4O2. The molecule has 0 aliphatic heterocycles. The van der Waals surface area contributed by atoms with Gasteiger partial charge < -0.3 is 15.4 Å². The third kappa shape index (κ3) is 5.22. The van der Waals surface area contributed by atoms with Crippen molar-refractivity contribution >= 4 is 17.4 Å². The second kappa shape index (κ2) is 8.86. The van der Waals surface area contributed by atoms with Crippen molar-refractivity contribution in [1.29, 1.82) is 0 Å². The maximum Gasteiger partial charge on any atom is 0.271 e. The number of carbonyl (C=O) groups is 1. The van der Waals surface area contributed by atoms with Crippen molar-refractivity contribution in [1.82, 2.24) is 15.3 Å². The molecule has 128 valence electrons. The summed E-state index contributed by atoms with van der Waals surface area (Å²) >= 11 is 0. The Kier molecular flexibility index (Phi) is 6.54. The molecule has 1 aromatic heterocycles. The highest BCUT2D eigenvalue weighted by molar-refractivity contribution is 5.92. The highest BCUT2D eigenvalue weighted by Gasteiger charge is 2.09. The zero-order valence-electron chi connectivity index (χ0n) is 14.4. The van der Waals surface area contributed by atoms with Crippen LogP contribution in [-0.4, -0.2) is 28.5 Å². The van der Waals surface area contributed by atoms with Gasteiger partial charge in [-0.15, -0.1) is 0 Å². The Balaban J connectivity index is 2.03. The summed E-state index contributed by atoms with van der Waals surface area (Å²) in [6.07, 6.45) is 5.07. The molecule has 0 bridgehead atoms. The molecule has 2 N–H and O–H groups in total. The summed E-state index contributed by atoms with van der Waals surface area (Å²) < 4.78 is 5.76. The number of para-hydroxylation sites is 2. The van der Waals surface area contributed by atoms with Crippen molar-refractivity contribution in [3.63, 3.8) is 0 Å². The lowest BCUT2D eigenvalue weighted by atomic mass is 10.3. The number of anilines is 2. The molecular weight excluding hydrogens is 304 g/mol. The van der Waals surface area contributed by atoms with Crippen LogP contribution in [0.4, 0.5) is 11.5 Å². The molecule has 1 heterocycles. The molecule has 0 fully saturated rings. The molecule has 0 spiro atoms. The highest BCUT2D eigenvalue weighted by Crippen LogP contribution is 2.27. The molecule has 24 heavy (non-hydrogen) atoms. The van der Waals surface area contributed by atoms with E-state index in [1.165, 1.54) is 6.20 Å². The molecule has 1 aromatic carbocycles. The highest BCUT2D eigenvalue weighted by atomic mass is 16.5. The number of hydrogen-bond acceptors (Lipinski definition) is 5. The summed E-state index contributed by atoms with van der Waals surface area (Å²) in [7, 11) is 0. The molecule has 2 aromatic rings. The SMILES string of the molecule is CCCCNC(=O)c1cnc(Nc2ccccc2OC(C)C)cn1. The van der Waals surface area contributed by atoms with Crippen molar-refractivity contribution in [3.05, 3.63) is 42.4 Å². The van der Waals surface area contributed by atoms with Crippen molar-refractivity contribution in [3.8, 4) is 5.75 Å². The summed E-state index contributed by atoms with van der Waals surface area (Å²) in [5.74, 6) is 1.10. The molecule has 6 nitrogen and oxygen atoms in total. The second-order valence-corrected chi connectivity index (χ2v) is 5.68. The lowest BCUT2D eigenvalue weighted by Gasteiger charge is -2.15. The fourth-order valence-corrected chi connectivity index (χ4v) is 2.04. The van der Waals surface area contributed by atoms with Gasteiger partial charge in [0.15, 0.2) is 0 Å². The molecule has 0 saturated heterocycles. The van der Waals surface area contributed by atoms with E-state index in [4.69, 9.17) is 4.74 Å². The molecule has 1 amide bonds. The number of unbranched alkanes of at least 4 members (excludes halogenated alkanes) is 1. The van der Waals surface area contributed by atoms with Gasteiger partial charge in [0.05, 0.1) is 24.2 Å². The van der Waals surface area contributed by atoms with Gasteiger partial charge in [-0.3, -0.25) is 4.79 Å². The normalized spacial score (nSPS) is 10.5. The van der Waals surface area contributed by atoms with Gasteiger partial charge in [0, 0.05) is 6.54 Å². The fraction of sp³-hybridized carbons (Fsp3) is 0.389. The smallest absolute Gasteiger partial charge is 0.271 e. The maximum atomic E-state index is 11.9. The van der Waals surface area contributed by atoms with Gasteiger partial charge in [-0.2, -0.15) is 0 Å². The summed E-state index contributed by atoms with van der Waals surface area (Å²) in [5, 5.41) is 5.98. The molecule has 0 unspecified atom stereocenters. The molecule has 0 radical (unpaired) electrons. The predicted octanol–water partition coefficient (Wildman–Crippen LogP) is 3.54. The van der Waals surface area contributed by atoms with E-state index in [2.05, 4.69) is 27.5 Å². The maximum absolute atomic E-state index is 11.9. The minimum atomic E-state index is -0.203. The second-order valence-electron chi connectivity index (χ2n) is 5.68. The monoisotopic (exact) mass is 328 g/mol. The number of carbonyl (C=O) groups excluding carboxylic acids is 1. The van der Waals surface area contributed by atoms with E-state index in [1.807, 2.05) is 38.1 Å². The van der Waals surface area contributed by atoms with Crippen LogP contribution < -0.4 is 15.4 Å². The third-order valence-electron chi connectivity index (χ3n) is 3.21. The molecule has 6 heteroatoms. The van der Waals surface area contributed by atoms with E-state index in [9.17, 15) is 4.79 Å². The van der Waals surface area contributed by atoms with Gasteiger partial charge >= 0.3 is 0 Å². The number of hydrogen-bond donors (Lipinski definition) is 2. The first-order chi connectivity index (χ1) is 11.6. The number of benzene rings is 1. The minimum absolute atomic E-state index is 0.0771. The first kappa shape index (κ1) is 17.7. The van der Waals surface area contributed by atoms with E-state index in [0.717, 1.165) is 24.3 Å². The van der Waals surface area contributed by atoms with Crippen LogP contribution in [0, 0.1) is 0 Å². The van der Waals surface area contributed by atoms with E-state index in [-0.39, 0.29) is 12.0 Å². The first-order valence-corrected chi connectivity index (χ1v) is 8.23. The average molecular weight is 328 g/mol. The Hall–Kier alpha value is -2.63. The zero-order chi connectivity index (χ0) is 17.4. The van der Waals surface area contributed by atoms with E-state index >= 15 is 0 Å². The summed E-state index contributed by atoms with van der Waals surface area (Å²) in [4.78, 5) is 20.3. The van der Waals surface area contributed by atoms with Gasteiger partial charge in [0.1, 0.15) is 17.3 Å². The average Bonchev–Trinajstić information content (AvgIpc) is 2.57. The number of rotatable bonds is 8. The molecule has 2 rings (SSSR count). The van der Waals surface area contributed by atoms with Gasteiger partial charge in [0.2, 0.25) is 0 Å². The Labute approximate surface area is 142 Å².